The summed E-state index contributed by atoms with van der Waals surface area (Å²) in [5.41, 5.74) is -0.115. The molecule has 62 valence electrons. The number of amidine groups is 1. The van der Waals surface area contributed by atoms with E-state index in [-0.39, 0.29) is 11.3 Å². The van der Waals surface area contributed by atoms with Crippen molar-refractivity contribution in [3.05, 3.63) is 0 Å². The second kappa shape index (κ2) is 2.64. The molecule has 1 N–H and O–H groups in total. The fourth-order valence-electron chi connectivity index (χ4n) is 1.46. The van der Waals surface area contributed by atoms with Gasteiger partial charge in [-0.25, -0.2) is 0 Å². The molecule has 1 aliphatic heterocycles. The van der Waals surface area contributed by atoms with Gasteiger partial charge in [-0.15, -0.1) is 0 Å². The van der Waals surface area contributed by atoms with Crippen molar-refractivity contribution < 1.29 is 4.79 Å². The number of nitrogens with zero attached hydrogens (tertiary/aromatic N) is 1. The molecule has 0 amide bonds. The smallest absolute Gasteiger partial charge is 0.132 e. The van der Waals surface area contributed by atoms with E-state index in [0.717, 1.165) is 12.4 Å². The summed E-state index contributed by atoms with van der Waals surface area (Å²) in [6, 6.07) is 0. The number of aliphatic imine (C=N–C) groups is 1. The van der Waals surface area contributed by atoms with Crippen LogP contribution in [-0.4, -0.2) is 23.7 Å². The van der Waals surface area contributed by atoms with E-state index in [1.165, 1.54) is 0 Å². The number of rotatable bonds is 2. The second-order valence-corrected chi connectivity index (χ2v) is 3.47. The van der Waals surface area contributed by atoms with E-state index >= 15 is 0 Å². The van der Waals surface area contributed by atoms with E-state index in [9.17, 15) is 4.79 Å². The average molecular weight is 154 g/mol. The van der Waals surface area contributed by atoms with Crippen LogP contribution in [0.25, 0.3) is 0 Å². The number of hydrogen-bond acceptors (Lipinski definition) is 3. The molecule has 1 unspecified atom stereocenters. The molecule has 0 aromatic carbocycles. The summed E-state index contributed by atoms with van der Waals surface area (Å²) >= 11 is 0. The Hall–Kier alpha value is -0.860. The standard InChI is InChI=1S/C8H14N2O/c1-6(11)4-8(3)5-9-7(2)10-8/h4-5H2,1-3H3,(H,9,10). The largest absolute Gasteiger partial charge is 0.367 e. The van der Waals surface area contributed by atoms with Crippen LogP contribution in [0.15, 0.2) is 4.99 Å². The molecule has 1 heterocycles. The molecule has 0 saturated heterocycles. The summed E-state index contributed by atoms with van der Waals surface area (Å²) in [7, 11) is 0. The van der Waals surface area contributed by atoms with Crippen molar-refractivity contribution >= 4 is 11.6 Å². The van der Waals surface area contributed by atoms with Crippen LogP contribution in [-0.2, 0) is 4.79 Å². The van der Waals surface area contributed by atoms with Crippen LogP contribution in [0.5, 0.6) is 0 Å². The van der Waals surface area contributed by atoms with Crippen molar-refractivity contribution in [2.24, 2.45) is 4.99 Å². The molecule has 0 fully saturated rings. The van der Waals surface area contributed by atoms with Gasteiger partial charge < -0.3 is 5.32 Å². The maximum atomic E-state index is 10.8. The quantitative estimate of drug-likeness (QED) is 0.637. The van der Waals surface area contributed by atoms with Crippen LogP contribution < -0.4 is 5.32 Å². The molecular weight excluding hydrogens is 140 g/mol. The van der Waals surface area contributed by atoms with Crippen LogP contribution in [0.4, 0.5) is 0 Å². The lowest BCUT2D eigenvalue weighted by atomic mass is 9.97. The van der Waals surface area contributed by atoms with Gasteiger partial charge in [0.05, 0.1) is 17.9 Å². The van der Waals surface area contributed by atoms with Crippen LogP contribution >= 0.6 is 0 Å². The zero-order chi connectivity index (χ0) is 8.48. The molecule has 0 saturated carbocycles. The van der Waals surface area contributed by atoms with E-state index in [1.54, 1.807) is 6.92 Å². The summed E-state index contributed by atoms with van der Waals surface area (Å²) in [5.74, 6) is 1.15. The molecule has 0 spiro atoms. The third-order valence-corrected chi connectivity index (χ3v) is 1.79. The lowest BCUT2D eigenvalue weighted by Gasteiger charge is -2.22. The van der Waals surface area contributed by atoms with E-state index < -0.39 is 0 Å². The van der Waals surface area contributed by atoms with Gasteiger partial charge in [-0.3, -0.25) is 9.79 Å². The number of ketones is 1. The fraction of sp³-hybridized carbons (Fsp3) is 0.750. The van der Waals surface area contributed by atoms with Gasteiger partial charge in [0.2, 0.25) is 0 Å². The molecule has 0 aromatic heterocycles. The van der Waals surface area contributed by atoms with Crippen molar-refractivity contribution in [3.63, 3.8) is 0 Å². The lowest BCUT2D eigenvalue weighted by molar-refractivity contribution is -0.118. The maximum Gasteiger partial charge on any atom is 0.132 e. The predicted molar refractivity (Wildman–Crippen MR) is 44.8 cm³/mol. The monoisotopic (exact) mass is 154 g/mol. The highest BCUT2D eigenvalue weighted by Gasteiger charge is 2.29. The van der Waals surface area contributed by atoms with Crippen molar-refractivity contribution in [2.75, 3.05) is 6.54 Å². The van der Waals surface area contributed by atoms with Gasteiger partial charge >= 0.3 is 0 Å². The van der Waals surface area contributed by atoms with Gasteiger partial charge in [0.25, 0.3) is 0 Å². The molecule has 0 aliphatic carbocycles. The molecular formula is C8H14N2O. The predicted octanol–water partition coefficient (Wildman–Crippen LogP) is 0.746. The Morgan fingerprint density at radius 3 is 2.82 bits per heavy atom. The first kappa shape index (κ1) is 8.24. The minimum Gasteiger partial charge on any atom is -0.367 e. The molecule has 0 radical (unpaired) electrons. The molecule has 1 aliphatic rings. The first-order valence-corrected chi connectivity index (χ1v) is 3.80. The molecule has 3 nitrogen and oxygen atoms in total. The molecule has 11 heavy (non-hydrogen) atoms. The molecule has 1 rings (SSSR count). The van der Waals surface area contributed by atoms with Crippen molar-refractivity contribution in [1.82, 2.24) is 5.32 Å². The van der Waals surface area contributed by atoms with Crippen LogP contribution in [0, 0.1) is 0 Å². The molecule has 3 heteroatoms. The Morgan fingerprint density at radius 2 is 2.45 bits per heavy atom. The van der Waals surface area contributed by atoms with Crippen molar-refractivity contribution in [2.45, 2.75) is 32.7 Å². The third-order valence-electron chi connectivity index (χ3n) is 1.79. The van der Waals surface area contributed by atoms with E-state index in [1.807, 2.05) is 13.8 Å². The Balaban J connectivity index is 2.52. The number of Topliss-reactive ketones (excluding diaryl/α,β-unsaturated/α-hetero) is 1. The minimum atomic E-state index is -0.115. The summed E-state index contributed by atoms with van der Waals surface area (Å²) in [5, 5.41) is 3.19. The van der Waals surface area contributed by atoms with Crippen molar-refractivity contribution in [1.29, 1.82) is 0 Å². The van der Waals surface area contributed by atoms with Gasteiger partial charge in [0.15, 0.2) is 0 Å². The van der Waals surface area contributed by atoms with Gasteiger partial charge in [-0.05, 0) is 20.8 Å². The van der Waals surface area contributed by atoms with Gasteiger partial charge in [-0.1, -0.05) is 0 Å². The third kappa shape index (κ3) is 2.03. The highest BCUT2D eigenvalue weighted by molar-refractivity contribution is 5.84. The zero-order valence-electron chi connectivity index (χ0n) is 7.27. The summed E-state index contributed by atoms with van der Waals surface area (Å²) < 4.78 is 0. The maximum absolute atomic E-state index is 10.8. The van der Waals surface area contributed by atoms with Crippen LogP contribution in [0.1, 0.15) is 27.2 Å². The molecule has 0 aromatic rings. The summed E-state index contributed by atoms with van der Waals surface area (Å²) in [6.07, 6.45) is 0.563. The SMILES string of the molecule is CC(=O)CC1(C)CN=C(C)N1. The topological polar surface area (TPSA) is 41.5 Å². The number of carbonyl (C=O) groups is 1. The van der Waals surface area contributed by atoms with Crippen LogP contribution in [0.3, 0.4) is 0 Å². The van der Waals surface area contributed by atoms with E-state index in [0.29, 0.717) is 6.42 Å². The average Bonchev–Trinajstić information content (AvgIpc) is 2.08. The minimum absolute atomic E-state index is 0.115. The van der Waals surface area contributed by atoms with E-state index in [2.05, 4.69) is 10.3 Å². The second-order valence-electron chi connectivity index (χ2n) is 3.47. The van der Waals surface area contributed by atoms with Gasteiger partial charge in [0, 0.05) is 6.42 Å². The van der Waals surface area contributed by atoms with E-state index in [4.69, 9.17) is 0 Å². The first-order chi connectivity index (χ1) is 5.02. The Bertz CT molecular complexity index is 210. The Labute approximate surface area is 66.9 Å². The Kier molecular flexibility index (Phi) is 1.98. The zero-order valence-corrected chi connectivity index (χ0v) is 7.27. The summed E-state index contributed by atoms with van der Waals surface area (Å²) in [4.78, 5) is 15.0. The number of hydrogen-bond donors (Lipinski definition) is 1. The number of nitrogens with one attached hydrogen (secondary N) is 1. The highest BCUT2D eigenvalue weighted by Crippen LogP contribution is 2.15. The normalized spacial score (nSPS) is 29.5. The summed E-state index contributed by atoms with van der Waals surface area (Å²) in [6.45, 7) is 6.28. The van der Waals surface area contributed by atoms with Crippen LogP contribution in [0.2, 0.25) is 0 Å². The number of carbonyl (C=O) groups excluding carboxylic acids is 1. The van der Waals surface area contributed by atoms with Gasteiger partial charge in [0.1, 0.15) is 5.78 Å². The van der Waals surface area contributed by atoms with Gasteiger partial charge in [-0.2, -0.15) is 0 Å². The first-order valence-electron chi connectivity index (χ1n) is 3.80. The molecule has 1 atom stereocenters. The highest BCUT2D eigenvalue weighted by atomic mass is 16.1. The fourth-order valence-corrected chi connectivity index (χ4v) is 1.46. The Morgan fingerprint density at radius 1 is 1.82 bits per heavy atom. The molecule has 0 bridgehead atoms. The lowest BCUT2D eigenvalue weighted by Crippen LogP contribution is -2.43. The van der Waals surface area contributed by atoms with Crippen molar-refractivity contribution in [3.8, 4) is 0 Å².